The van der Waals surface area contributed by atoms with Gasteiger partial charge < -0.3 is 10.0 Å². The van der Waals surface area contributed by atoms with E-state index in [4.69, 9.17) is 10.4 Å². The van der Waals surface area contributed by atoms with Crippen molar-refractivity contribution < 1.29 is 10.0 Å². The molecule has 1 aliphatic heterocycles. The first-order valence-electron chi connectivity index (χ1n) is 6.60. The van der Waals surface area contributed by atoms with Crippen molar-refractivity contribution in [3.63, 3.8) is 0 Å². The molecule has 0 aromatic carbocycles. The maximum atomic E-state index is 11.2. The van der Waals surface area contributed by atoms with E-state index in [1.165, 1.54) is 12.3 Å². The Morgan fingerprint density at radius 2 is 2.40 bits per heavy atom. The van der Waals surface area contributed by atoms with Gasteiger partial charge in [-0.1, -0.05) is 0 Å². The van der Waals surface area contributed by atoms with Gasteiger partial charge in [0.15, 0.2) is 0 Å². The molecular weight excluding hydrogens is 260 g/mol. The minimum absolute atomic E-state index is 0.0216. The standard InChI is InChI=1S/C13H16N4O3/c14-9-10-4-6-15-13(12(10)17(19)20)16-7-2-1-3-11(16)5-8-18/h4,6,11,18H,1-3,5,7-8H2. The summed E-state index contributed by atoms with van der Waals surface area (Å²) < 4.78 is 0. The van der Waals surface area contributed by atoms with Gasteiger partial charge in [-0.2, -0.15) is 5.26 Å². The van der Waals surface area contributed by atoms with Crippen LogP contribution in [-0.4, -0.2) is 34.2 Å². The number of aliphatic hydroxyl groups excluding tert-OH is 1. The van der Waals surface area contributed by atoms with Gasteiger partial charge in [-0.15, -0.1) is 0 Å². The molecule has 7 nitrogen and oxygen atoms in total. The first-order chi connectivity index (χ1) is 9.69. The molecule has 0 saturated carbocycles. The second-order valence-corrected chi connectivity index (χ2v) is 4.75. The van der Waals surface area contributed by atoms with Crippen molar-refractivity contribution in [1.29, 1.82) is 5.26 Å². The molecule has 2 rings (SSSR count). The number of rotatable bonds is 4. The van der Waals surface area contributed by atoms with Crippen LogP contribution in [0.5, 0.6) is 0 Å². The van der Waals surface area contributed by atoms with Crippen LogP contribution < -0.4 is 4.90 Å². The summed E-state index contributed by atoms with van der Waals surface area (Å²) in [5, 5.41) is 29.4. The fraction of sp³-hybridized carbons (Fsp3) is 0.538. The zero-order valence-corrected chi connectivity index (χ0v) is 11.0. The molecule has 1 atom stereocenters. The summed E-state index contributed by atoms with van der Waals surface area (Å²) in [6, 6.07) is 3.24. The Hall–Kier alpha value is -2.20. The van der Waals surface area contributed by atoms with Crippen molar-refractivity contribution in [3.05, 3.63) is 27.9 Å². The van der Waals surface area contributed by atoms with E-state index in [9.17, 15) is 10.1 Å². The minimum Gasteiger partial charge on any atom is -0.396 e. The summed E-state index contributed by atoms with van der Waals surface area (Å²) in [7, 11) is 0. The lowest BCUT2D eigenvalue weighted by Crippen LogP contribution is -2.41. The van der Waals surface area contributed by atoms with Gasteiger partial charge in [0.1, 0.15) is 11.6 Å². The molecule has 0 aliphatic carbocycles. The van der Waals surface area contributed by atoms with Crippen LogP contribution >= 0.6 is 0 Å². The van der Waals surface area contributed by atoms with Gasteiger partial charge in [-0.25, -0.2) is 4.98 Å². The zero-order chi connectivity index (χ0) is 14.5. The van der Waals surface area contributed by atoms with E-state index in [0.29, 0.717) is 13.0 Å². The Kier molecular flexibility index (Phi) is 4.48. The smallest absolute Gasteiger partial charge is 0.329 e. The van der Waals surface area contributed by atoms with Crippen molar-refractivity contribution in [2.75, 3.05) is 18.1 Å². The van der Waals surface area contributed by atoms with Crippen LogP contribution in [0.15, 0.2) is 12.3 Å². The van der Waals surface area contributed by atoms with Crippen molar-refractivity contribution >= 4 is 11.5 Å². The number of piperidine rings is 1. The van der Waals surface area contributed by atoms with Crippen molar-refractivity contribution in [2.45, 2.75) is 31.7 Å². The Balaban J connectivity index is 2.45. The number of nitro groups is 1. The maximum absolute atomic E-state index is 11.2. The number of anilines is 1. The average molecular weight is 276 g/mol. The highest BCUT2D eigenvalue weighted by molar-refractivity contribution is 5.65. The molecule has 1 aromatic heterocycles. The topological polar surface area (TPSA) is 103 Å². The first kappa shape index (κ1) is 14.2. The molecule has 1 fully saturated rings. The van der Waals surface area contributed by atoms with Crippen LogP contribution in [0.4, 0.5) is 11.5 Å². The van der Waals surface area contributed by atoms with Gasteiger partial charge in [0.05, 0.1) is 4.92 Å². The number of hydrogen-bond acceptors (Lipinski definition) is 6. The summed E-state index contributed by atoms with van der Waals surface area (Å²) in [6.07, 6.45) is 4.81. The highest BCUT2D eigenvalue weighted by atomic mass is 16.6. The van der Waals surface area contributed by atoms with Crippen LogP contribution in [0.2, 0.25) is 0 Å². The number of nitriles is 1. The second kappa shape index (κ2) is 6.30. The minimum atomic E-state index is -0.550. The summed E-state index contributed by atoms with van der Waals surface area (Å²) >= 11 is 0. The molecule has 1 unspecified atom stereocenters. The maximum Gasteiger partial charge on any atom is 0.329 e. The number of aromatic nitrogens is 1. The lowest BCUT2D eigenvalue weighted by molar-refractivity contribution is -0.384. The molecular formula is C13H16N4O3. The highest BCUT2D eigenvalue weighted by Gasteiger charge is 2.31. The SMILES string of the molecule is N#Cc1ccnc(N2CCCCC2CCO)c1[N+](=O)[O-]. The fourth-order valence-corrected chi connectivity index (χ4v) is 2.65. The molecule has 0 bridgehead atoms. The van der Waals surface area contributed by atoms with Gasteiger partial charge in [0, 0.05) is 25.4 Å². The average Bonchev–Trinajstić information content (AvgIpc) is 2.47. The molecule has 106 valence electrons. The number of nitrogens with zero attached hydrogens (tertiary/aromatic N) is 4. The largest absolute Gasteiger partial charge is 0.396 e. The van der Waals surface area contributed by atoms with E-state index < -0.39 is 4.92 Å². The number of pyridine rings is 1. The molecule has 20 heavy (non-hydrogen) atoms. The Labute approximate surface area is 116 Å². The van der Waals surface area contributed by atoms with E-state index in [-0.39, 0.29) is 29.7 Å². The van der Waals surface area contributed by atoms with E-state index >= 15 is 0 Å². The van der Waals surface area contributed by atoms with Crippen molar-refractivity contribution in [1.82, 2.24) is 4.98 Å². The Morgan fingerprint density at radius 1 is 1.60 bits per heavy atom. The summed E-state index contributed by atoms with van der Waals surface area (Å²) in [5.41, 5.74) is -0.215. The molecule has 1 aliphatic rings. The van der Waals surface area contributed by atoms with Crippen LogP contribution in [0, 0.1) is 21.4 Å². The van der Waals surface area contributed by atoms with E-state index in [0.717, 1.165) is 19.3 Å². The monoisotopic (exact) mass is 276 g/mol. The van der Waals surface area contributed by atoms with Crippen LogP contribution in [-0.2, 0) is 0 Å². The molecule has 1 saturated heterocycles. The van der Waals surface area contributed by atoms with E-state index in [1.54, 1.807) is 0 Å². The quantitative estimate of drug-likeness (QED) is 0.661. The van der Waals surface area contributed by atoms with E-state index in [2.05, 4.69) is 4.98 Å². The van der Waals surface area contributed by atoms with Crippen LogP contribution in [0.25, 0.3) is 0 Å². The number of hydrogen-bond donors (Lipinski definition) is 1. The van der Waals surface area contributed by atoms with Crippen molar-refractivity contribution in [3.8, 4) is 6.07 Å². The second-order valence-electron chi connectivity index (χ2n) is 4.75. The summed E-state index contributed by atoms with van der Waals surface area (Å²) in [6.45, 7) is 0.695. The van der Waals surface area contributed by atoms with Gasteiger partial charge in [0.25, 0.3) is 0 Å². The lowest BCUT2D eigenvalue weighted by atomic mass is 9.99. The molecule has 0 spiro atoms. The first-order valence-corrected chi connectivity index (χ1v) is 6.60. The normalized spacial score (nSPS) is 18.6. The highest BCUT2D eigenvalue weighted by Crippen LogP contribution is 2.33. The molecule has 0 amide bonds. The van der Waals surface area contributed by atoms with Gasteiger partial charge in [-0.05, 0) is 31.7 Å². The number of aliphatic hydroxyl groups is 1. The predicted molar refractivity (Wildman–Crippen MR) is 72.3 cm³/mol. The molecule has 7 heteroatoms. The van der Waals surface area contributed by atoms with Crippen LogP contribution in [0.1, 0.15) is 31.2 Å². The molecule has 2 heterocycles. The summed E-state index contributed by atoms with van der Waals surface area (Å²) in [5.74, 6) is 0.243. The Morgan fingerprint density at radius 3 is 3.05 bits per heavy atom. The van der Waals surface area contributed by atoms with E-state index in [1.807, 2.05) is 11.0 Å². The third-order valence-corrected chi connectivity index (χ3v) is 3.57. The van der Waals surface area contributed by atoms with Crippen molar-refractivity contribution in [2.24, 2.45) is 0 Å². The van der Waals surface area contributed by atoms with Gasteiger partial charge in [-0.3, -0.25) is 10.1 Å². The van der Waals surface area contributed by atoms with Gasteiger partial charge >= 0.3 is 5.69 Å². The molecule has 0 radical (unpaired) electrons. The third-order valence-electron chi connectivity index (χ3n) is 3.57. The molecule has 1 N–H and O–H groups in total. The Bertz CT molecular complexity index is 539. The summed E-state index contributed by atoms with van der Waals surface area (Å²) in [4.78, 5) is 16.7. The fourth-order valence-electron chi connectivity index (χ4n) is 2.65. The molecule has 1 aromatic rings. The predicted octanol–water partition coefficient (Wildman–Crippen LogP) is 1.60. The van der Waals surface area contributed by atoms with Crippen LogP contribution in [0.3, 0.4) is 0 Å². The van der Waals surface area contributed by atoms with Gasteiger partial charge in [0.2, 0.25) is 5.82 Å². The zero-order valence-electron chi connectivity index (χ0n) is 11.0. The third kappa shape index (κ3) is 2.70. The lowest BCUT2D eigenvalue weighted by Gasteiger charge is -2.36.